The van der Waals surface area contributed by atoms with E-state index in [-0.39, 0.29) is 12.4 Å². The minimum Gasteiger partial charge on any atom is -0.508 e. The smallest absolute Gasteiger partial charge is 0.119 e. The first kappa shape index (κ1) is 9.61. The molecule has 76 valence electrons. The Balaban J connectivity index is 2.44. The van der Waals surface area contributed by atoms with E-state index in [9.17, 15) is 5.11 Å². The number of aliphatic hydroxyl groups excluding tert-OH is 1. The van der Waals surface area contributed by atoms with E-state index in [0.29, 0.717) is 11.4 Å². The van der Waals surface area contributed by atoms with Gasteiger partial charge in [-0.2, -0.15) is 0 Å². The Hall–Kier alpha value is -1.94. The van der Waals surface area contributed by atoms with Gasteiger partial charge in [0.15, 0.2) is 0 Å². The van der Waals surface area contributed by atoms with E-state index < -0.39 is 0 Å². The lowest BCUT2D eigenvalue weighted by molar-refractivity contribution is 0.282. The highest BCUT2D eigenvalue weighted by atomic mass is 16.3. The molecular weight excluding hydrogens is 192 g/mol. The summed E-state index contributed by atoms with van der Waals surface area (Å²) in [6, 6.07) is 6.50. The van der Waals surface area contributed by atoms with E-state index in [1.807, 2.05) is 0 Å². The number of aromatic nitrogens is 2. The number of hydrogen-bond acceptors (Lipinski definition) is 4. The van der Waals surface area contributed by atoms with Crippen LogP contribution in [-0.4, -0.2) is 20.2 Å². The maximum absolute atomic E-state index is 9.28. The lowest BCUT2D eigenvalue weighted by atomic mass is 10.2. The molecule has 0 aliphatic rings. The van der Waals surface area contributed by atoms with Gasteiger partial charge in [0.05, 0.1) is 18.0 Å². The van der Waals surface area contributed by atoms with Crippen molar-refractivity contribution < 1.29 is 10.2 Å². The van der Waals surface area contributed by atoms with Crippen molar-refractivity contribution in [2.75, 3.05) is 0 Å². The first-order valence-corrected chi connectivity index (χ1v) is 4.51. The van der Waals surface area contributed by atoms with Crippen LogP contribution in [-0.2, 0) is 6.61 Å². The standard InChI is InChI=1S/C11H10N2O2/c14-7-8-1-3-12-10(5-8)11-6-9(15)2-4-13-11/h1-6,14H,7H2,(H,13,15). The Morgan fingerprint density at radius 2 is 1.67 bits per heavy atom. The van der Waals surface area contributed by atoms with Gasteiger partial charge in [0.2, 0.25) is 0 Å². The molecule has 2 aromatic heterocycles. The zero-order chi connectivity index (χ0) is 10.7. The van der Waals surface area contributed by atoms with Crippen LogP contribution in [0.25, 0.3) is 11.4 Å². The molecule has 4 nitrogen and oxygen atoms in total. The molecule has 15 heavy (non-hydrogen) atoms. The van der Waals surface area contributed by atoms with Gasteiger partial charge in [-0.15, -0.1) is 0 Å². The van der Waals surface area contributed by atoms with Crippen LogP contribution in [0, 0.1) is 0 Å². The summed E-state index contributed by atoms with van der Waals surface area (Å²) >= 11 is 0. The van der Waals surface area contributed by atoms with Crippen molar-refractivity contribution in [2.45, 2.75) is 6.61 Å². The van der Waals surface area contributed by atoms with E-state index in [4.69, 9.17) is 5.11 Å². The summed E-state index contributed by atoms with van der Waals surface area (Å²) in [4.78, 5) is 8.20. The molecule has 2 rings (SSSR count). The number of nitrogens with zero attached hydrogens (tertiary/aromatic N) is 2. The zero-order valence-electron chi connectivity index (χ0n) is 7.96. The molecule has 0 unspecified atom stereocenters. The minimum atomic E-state index is -0.0334. The van der Waals surface area contributed by atoms with Crippen LogP contribution in [0.3, 0.4) is 0 Å². The zero-order valence-corrected chi connectivity index (χ0v) is 7.96. The highest BCUT2D eigenvalue weighted by Gasteiger charge is 2.02. The minimum absolute atomic E-state index is 0.0334. The molecule has 0 bridgehead atoms. The number of aromatic hydroxyl groups is 1. The Morgan fingerprint density at radius 3 is 2.33 bits per heavy atom. The summed E-state index contributed by atoms with van der Waals surface area (Å²) in [5.74, 6) is 0.149. The molecule has 0 saturated carbocycles. The molecule has 2 heterocycles. The first-order chi connectivity index (χ1) is 7.29. The molecule has 2 aromatic rings. The summed E-state index contributed by atoms with van der Waals surface area (Å²) in [5.41, 5.74) is 1.99. The largest absolute Gasteiger partial charge is 0.508 e. The predicted octanol–water partition coefficient (Wildman–Crippen LogP) is 1.34. The van der Waals surface area contributed by atoms with Gasteiger partial charge in [-0.05, 0) is 23.8 Å². The van der Waals surface area contributed by atoms with Crippen LogP contribution in [0.1, 0.15) is 5.56 Å². The first-order valence-electron chi connectivity index (χ1n) is 4.51. The highest BCUT2D eigenvalue weighted by Crippen LogP contribution is 2.19. The van der Waals surface area contributed by atoms with Crippen LogP contribution in [0.15, 0.2) is 36.7 Å². The van der Waals surface area contributed by atoms with Crippen LogP contribution < -0.4 is 0 Å². The molecule has 0 radical (unpaired) electrons. The number of rotatable bonds is 2. The second kappa shape index (κ2) is 4.06. The Bertz CT molecular complexity index is 472. The van der Waals surface area contributed by atoms with Crippen LogP contribution in [0.2, 0.25) is 0 Å². The molecule has 0 spiro atoms. The van der Waals surface area contributed by atoms with Crippen molar-refractivity contribution in [3.05, 3.63) is 42.2 Å². The topological polar surface area (TPSA) is 66.2 Å². The monoisotopic (exact) mass is 202 g/mol. The Kier molecular flexibility index (Phi) is 2.60. The van der Waals surface area contributed by atoms with Gasteiger partial charge in [0.25, 0.3) is 0 Å². The lowest BCUT2D eigenvalue weighted by Gasteiger charge is -2.02. The second-order valence-electron chi connectivity index (χ2n) is 3.11. The third-order valence-electron chi connectivity index (χ3n) is 2.01. The fraction of sp³-hybridized carbons (Fsp3) is 0.0909. The molecule has 0 fully saturated rings. The summed E-state index contributed by atoms with van der Waals surface area (Å²) in [5, 5.41) is 18.2. The fourth-order valence-electron chi connectivity index (χ4n) is 1.27. The Labute approximate surface area is 86.9 Å². The average molecular weight is 202 g/mol. The van der Waals surface area contributed by atoms with Crippen molar-refractivity contribution in [3.63, 3.8) is 0 Å². The van der Waals surface area contributed by atoms with Gasteiger partial charge >= 0.3 is 0 Å². The van der Waals surface area contributed by atoms with E-state index in [1.165, 1.54) is 18.3 Å². The molecular formula is C11H10N2O2. The van der Waals surface area contributed by atoms with Gasteiger partial charge in [-0.1, -0.05) is 0 Å². The van der Waals surface area contributed by atoms with Crippen LogP contribution in [0.4, 0.5) is 0 Å². The molecule has 4 heteroatoms. The normalized spacial score (nSPS) is 10.2. The lowest BCUT2D eigenvalue weighted by Crippen LogP contribution is -1.89. The highest BCUT2D eigenvalue weighted by molar-refractivity contribution is 5.56. The summed E-state index contributed by atoms with van der Waals surface area (Å²) in [7, 11) is 0. The van der Waals surface area contributed by atoms with Gasteiger partial charge < -0.3 is 10.2 Å². The molecule has 0 amide bonds. The molecule has 0 atom stereocenters. The van der Waals surface area contributed by atoms with Gasteiger partial charge in [0, 0.05) is 18.5 Å². The predicted molar refractivity (Wildman–Crippen MR) is 55.1 cm³/mol. The number of hydrogen-bond donors (Lipinski definition) is 2. The third-order valence-corrected chi connectivity index (χ3v) is 2.01. The molecule has 0 aliphatic heterocycles. The quantitative estimate of drug-likeness (QED) is 0.771. The van der Waals surface area contributed by atoms with E-state index in [2.05, 4.69) is 9.97 Å². The maximum atomic E-state index is 9.28. The van der Waals surface area contributed by atoms with Crippen molar-refractivity contribution in [3.8, 4) is 17.1 Å². The van der Waals surface area contributed by atoms with Gasteiger partial charge in [0.1, 0.15) is 5.75 Å². The van der Waals surface area contributed by atoms with E-state index in [1.54, 1.807) is 18.3 Å². The van der Waals surface area contributed by atoms with Crippen molar-refractivity contribution >= 4 is 0 Å². The number of aliphatic hydroxyl groups is 1. The fourth-order valence-corrected chi connectivity index (χ4v) is 1.27. The number of pyridine rings is 2. The molecule has 0 aliphatic carbocycles. The Morgan fingerprint density at radius 1 is 1.00 bits per heavy atom. The molecule has 2 N–H and O–H groups in total. The van der Waals surface area contributed by atoms with Crippen LogP contribution in [0.5, 0.6) is 5.75 Å². The van der Waals surface area contributed by atoms with Gasteiger partial charge in [-0.25, -0.2) is 0 Å². The van der Waals surface area contributed by atoms with E-state index >= 15 is 0 Å². The van der Waals surface area contributed by atoms with E-state index in [0.717, 1.165) is 5.56 Å². The maximum Gasteiger partial charge on any atom is 0.119 e. The van der Waals surface area contributed by atoms with Crippen molar-refractivity contribution in [2.24, 2.45) is 0 Å². The van der Waals surface area contributed by atoms with Crippen LogP contribution >= 0.6 is 0 Å². The SMILES string of the molecule is OCc1ccnc(-c2cc(O)ccn2)c1. The third kappa shape index (κ3) is 2.11. The van der Waals surface area contributed by atoms with Gasteiger partial charge in [-0.3, -0.25) is 9.97 Å². The summed E-state index contributed by atoms with van der Waals surface area (Å²) in [6.07, 6.45) is 3.12. The molecule has 0 aromatic carbocycles. The second-order valence-corrected chi connectivity index (χ2v) is 3.11. The molecule has 0 saturated heterocycles. The van der Waals surface area contributed by atoms with Crippen molar-refractivity contribution in [1.82, 2.24) is 9.97 Å². The van der Waals surface area contributed by atoms with Crippen molar-refractivity contribution in [1.29, 1.82) is 0 Å². The summed E-state index contributed by atoms with van der Waals surface area (Å²) in [6.45, 7) is -0.0334. The average Bonchev–Trinajstić information content (AvgIpc) is 2.29. The summed E-state index contributed by atoms with van der Waals surface area (Å²) < 4.78 is 0.